The first kappa shape index (κ1) is 12.9. The summed E-state index contributed by atoms with van der Waals surface area (Å²) in [6.07, 6.45) is 5.27. The Morgan fingerprint density at radius 3 is 2.21 bits per heavy atom. The lowest BCUT2D eigenvalue weighted by molar-refractivity contribution is 0.120. The molecule has 19 heavy (non-hydrogen) atoms. The van der Waals surface area contributed by atoms with Gasteiger partial charge in [-0.15, -0.1) is 0 Å². The molecule has 2 N–H and O–H groups in total. The first-order valence-electron chi connectivity index (χ1n) is 7.65. The molecular weight excluding hydrogens is 234 g/mol. The number of nitrogens with zero attached hydrogens (tertiary/aromatic N) is 2. The van der Waals surface area contributed by atoms with Crippen molar-refractivity contribution in [3.63, 3.8) is 0 Å². The van der Waals surface area contributed by atoms with Crippen molar-refractivity contribution >= 4 is 5.69 Å². The highest BCUT2D eigenvalue weighted by Gasteiger charge is 2.27. The summed E-state index contributed by atoms with van der Waals surface area (Å²) in [6, 6.07) is 9.85. The van der Waals surface area contributed by atoms with Gasteiger partial charge in [0.2, 0.25) is 0 Å². The third kappa shape index (κ3) is 2.93. The molecule has 1 aliphatic heterocycles. The second-order valence-corrected chi connectivity index (χ2v) is 5.81. The summed E-state index contributed by atoms with van der Waals surface area (Å²) in [6.45, 7) is 5.54. The molecule has 0 atom stereocenters. The number of rotatable bonds is 4. The van der Waals surface area contributed by atoms with Crippen molar-refractivity contribution in [3.8, 4) is 0 Å². The van der Waals surface area contributed by atoms with Crippen molar-refractivity contribution in [2.75, 3.05) is 37.6 Å². The van der Waals surface area contributed by atoms with Crippen LogP contribution < -0.4 is 10.6 Å². The Balaban J connectivity index is 1.55. The summed E-state index contributed by atoms with van der Waals surface area (Å²) in [7, 11) is 0. The van der Waals surface area contributed by atoms with Gasteiger partial charge in [0.05, 0.1) is 0 Å². The van der Waals surface area contributed by atoms with Crippen LogP contribution in [0.4, 0.5) is 5.69 Å². The Morgan fingerprint density at radius 2 is 1.68 bits per heavy atom. The molecule has 0 aromatic heterocycles. The fraction of sp³-hybridized carbons (Fsp3) is 0.625. The fourth-order valence-electron chi connectivity index (χ4n) is 3.14. The molecule has 1 saturated heterocycles. The second kappa shape index (κ2) is 5.93. The smallest absolute Gasteiger partial charge is 0.0367 e. The Hall–Kier alpha value is -1.06. The lowest BCUT2D eigenvalue weighted by Gasteiger charge is -2.43. The van der Waals surface area contributed by atoms with Crippen LogP contribution in [0.3, 0.4) is 0 Å². The van der Waals surface area contributed by atoms with E-state index in [0.717, 1.165) is 19.0 Å². The van der Waals surface area contributed by atoms with Crippen LogP contribution in [0.2, 0.25) is 0 Å². The molecule has 3 rings (SSSR count). The summed E-state index contributed by atoms with van der Waals surface area (Å²) in [5, 5.41) is 0. The maximum absolute atomic E-state index is 5.59. The molecule has 0 bridgehead atoms. The molecule has 2 fully saturated rings. The number of hydrogen-bond donors (Lipinski definition) is 1. The topological polar surface area (TPSA) is 32.5 Å². The van der Waals surface area contributed by atoms with Gasteiger partial charge in [-0.2, -0.15) is 0 Å². The normalized spacial score (nSPS) is 21.4. The molecule has 0 unspecified atom stereocenters. The third-order valence-corrected chi connectivity index (χ3v) is 4.64. The van der Waals surface area contributed by atoms with Crippen molar-refractivity contribution in [1.29, 1.82) is 0 Å². The molecule has 2 aliphatic rings. The van der Waals surface area contributed by atoms with E-state index in [1.807, 2.05) is 0 Å². The highest BCUT2D eigenvalue weighted by Crippen LogP contribution is 2.26. The first-order chi connectivity index (χ1) is 9.36. The van der Waals surface area contributed by atoms with E-state index in [1.54, 1.807) is 0 Å². The van der Waals surface area contributed by atoms with Crippen LogP contribution in [0.1, 0.15) is 24.8 Å². The zero-order chi connectivity index (χ0) is 13.1. The molecule has 1 heterocycles. The van der Waals surface area contributed by atoms with Gasteiger partial charge >= 0.3 is 0 Å². The number of hydrogen-bond acceptors (Lipinski definition) is 3. The molecule has 104 valence electrons. The van der Waals surface area contributed by atoms with Gasteiger partial charge < -0.3 is 10.6 Å². The van der Waals surface area contributed by atoms with Gasteiger partial charge in [-0.1, -0.05) is 18.6 Å². The van der Waals surface area contributed by atoms with Gasteiger partial charge in [-0.25, -0.2) is 0 Å². The molecule has 0 radical (unpaired) electrons. The highest BCUT2D eigenvalue weighted by molar-refractivity contribution is 5.48. The van der Waals surface area contributed by atoms with Crippen LogP contribution >= 0.6 is 0 Å². The van der Waals surface area contributed by atoms with Crippen molar-refractivity contribution in [1.82, 2.24) is 4.90 Å². The van der Waals surface area contributed by atoms with Crippen LogP contribution in [-0.4, -0.2) is 43.7 Å². The monoisotopic (exact) mass is 259 g/mol. The third-order valence-electron chi connectivity index (χ3n) is 4.64. The molecule has 0 amide bonds. The zero-order valence-electron chi connectivity index (χ0n) is 11.7. The molecule has 1 aliphatic carbocycles. The summed E-state index contributed by atoms with van der Waals surface area (Å²) in [4.78, 5) is 5.20. The van der Waals surface area contributed by atoms with E-state index < -0.39 is 0 Å². The summed E-state index contributed by atoms with van der Waals surface area (Å²) in [5.74, 6) is 0. The van der Waals surface area contributed by atoms with Crippen molar-refractivity contribution in [3.05, 3.63) is 29.8 Å². The quantitative estimate of drug-likeness (QED) is 0.896. The van der Waals surface area contributed by atoms with Gasteiger partial charge in [0.1, 0.15) is 0 Å². The summed E-state index contributed by atoms with van der Waals surface area (Å²) in [5.41, 5.74) is 8.30. The van der Waals surface area contributed by atoms with Crippen LogP contribution in [0.15, 0.2) is 24.3 Å². The standard InChI is InChI=1S/C16H25N3/c17-9-8-14-4-6-16(7-5-14)19-12-10-18(11-13-19)15-2-1-3-15/h4-7,15H,1-3,8-13,17H2. The minimum Gasteiger partial charge on any atom is -0.369 e. The molecule has 3 heteroatoms. The van der Waals surface area contributed by atoms with E-state index in [-0.39, 0.29) is 0 Å². The SMILES string of the molecule is NCCc1ccc(N2CCN(C3CCC3)CC2)cc1. The molecular formula is C16H25N3. The number of benzene rings is 1. The van der Waals surface area contributed by atoms with E-state index in [4.69, 9.17) is 5.73 Å². The molecule has 1 aromatic rings. The van der Waals surface area contributed by atoms with Gasteiger partial charge in [0, 0.05) is 37.9 Å². The average Bonchev–Trinajstić information content (AvgIpc) is 2.39. The first-order valence-corrected chi connectivity index (χ1v) is 7.65. The fourth-order valence-corrected chi connectivity index (χ4v) is 3.14. The maximum Gasteiger partial charge on any atom is 0.0367 e. The highest BCUT2D eigenvalue weighted by atomic mass is 15.3. The van der Waals surface area contributed by atoms with Gasteiger partial charge in [-0.3, -0.25) is 4.90 Å². The molecule has 0 spiro atoms. The Bertz CT molecular complexity index is 389. The van der Waals surface area contributed by atoms with Crippen LogP contribution in [0, 0.1) is 0 Å². The van der Waals surface area contributed by atoms with Crippen LogP contribution in [-0.2, 0) is 6.42 Å². The maximum atomic E-state index is 5.59. The van der Waals surface area contributed by atoms with E-state index in [0.29, 0.717) is 0 Å². The molecule has 3 nitrogen and oxygen atoms in total. The second-order valence-electron chi connectivity index (χ2n) is 5.81. The van der Waals surface area contributed by atoms with Crippen LogP contribution in [0.5, 0.6) is 0 Å². The predicted molar refractivity (Wildman–Crippen MR) is 80.6 cm³/mol. The number of anilines is 1. The average molecular weight is 259 g/mol. The van der Waals surface area contributed by atoms with Crippen molar-refractivity contribution in [2.45, 2.75) is 31.7 Å². The van der Waals surface area contributed by atoms with Gasteiger partial charge in [0.25, 0.3) is 0 Å². The lowest BCUT2D eigenvalue weighted by Crippen LogP contribution is -2.52. The summed E-state index contributed by atoms with van der Waals surface area (Å²) >= 11 is 0. The minimum atomic E-state index is 0.736. The Labute approximate surface area is 116 Å². The van der Waals surface area contributed by atoms with Gasteiger partial charge in [0.15, 0.2) is 0 Å². The lowest BCUT2D eigenvalue weighted by atomic mass is 9.91. The zero-order valence-corrected chi connectivity index (χ0v) is 11.7. The molecule has 1 saturated carbocycles. The number of nitrogens with two attached hydrogens (primary N) is 1. The van der Waals surface area contributed by atoms with Crippen molar-refractivity contribution in [2.24, 2.45) is 5.73 Å². The Kier molecular flexibility index (Phi) is 4.04. The van der Waals surface area contributed by atoms with Crippen molar-refractivity contribution < 1.29 is 0 Å². The van der Waals surface area contributed by atoms with E-state index >= 15 is 0 Å². The predicted octanol–water partition coefficient (Wildman–Crippen LogP) is 1.86. The van der Waals surface area contributed by atoms with E-state index in [9.17, 15) is 0 Å². The Morgan fingerprint density at radius 1 is 1.00 bits per heavy atom. The minimum absolute atomic E-state index is 0.736. The van der Waals surface area contributed by atoms with E-state index in [1.165, 1.54) is 56.7 Å². The largest absolute Gasteiger partial charge is 0.369 e. The van der Waals surface area contributed by atoms with E-state index in [2.05, 4.69) is 34.1 Å². The summed E-state index contributed by atoms with van der Waals surface area (Å²) < 4.78 is 0. The van der Waals surface area contributed by atoms with Gasteiger partial charge in [-0.05, 0) is 43.5 Å². The number of piperazine rings is 1. The molecule has 1 aromatic carbocycles. The van der Waals surface area contributed by atoms with Crippen LogP contribution in [0.25, 0.3) is 0 Å².